The molecule has 0 aliphatic carbocycles. The Morgan fingerprint density at radius 1 is 1.10 bits per heavy atom. The van der Waals surface area contributed by atoms with Crippen molar-refractivity contribution >= 4 is 35.6 Å². The highest BCUT2D eigenvalue weighted by Crippen LogP contribution is 2.25. The molecule has 3 unspecified atom stereocenters. The number of piperazine rings is 1. The molecule has 3 atom stereocenters. The van der Waals surface area contributed by atoms with Crippen LogP contribution in [0, 0.1) is 0 Å². The van der Waals surface area contributed by atoms with E-state index >= 15 is 0 Å². The van der Waals surface area contributed by atoms with Crippen LogP contribution in [0.25, 0.3) is 0 Å². The fraction of sp³-hybridized carbons (Fsp3) is 0.789. The molecular weight excluding hydrogens is 404 g/mol. The van der Waals surface area contributed by atoms with E-state index in [0.717, 1.165) is 0 Å². The van der Waals surface area contributed by atoms with Gasteiger partial charge in [0.25, 0.3) is 11.8 Å². The number of carbonyl (C=O) groups excluding carboxylic acids is 4. The first kappa shape index (κ1) is 25.2. The first-order chi connectivity index (χ1) is 13.1. The fourth-order valence-corrected chi connectivity index (χ4v) is 3.01. The largest absolute Gasteiger partial charge is 0.443 e. The second-order valence-electron chi connectivity index (χ2n) is 8.89. The van der Waals surface area contributed by atoms with Crippen LogP contribution < -0.4 is 0 Å². The summed E-state index contributed by atoms with van der Waals surface area (Å²) >= 11 is 6.19. The highest BCUT2D eigenvalue weighted by molar-refractivity contribution is 6.21. The van der Waals surface area contributed by atoms with Gasteiger partial charge in [0.05, 0.1) is 5.38 Å². The summed E-state index contributed by atoms with van der Waals surface area (Å²) in [5, 5.41) is 9.75. The van der Waals surface area contributed by atoms with Gasteiger partial charge in [0, 0.05) is 0 Å². The molecule has 0 aromatic heterocycles. The molecule has 1 heterocycles. The van der Waals surface area contributed by atoms with Gasteiger partial charge in [0.2, 0.25) is 0 Å². The Morgan fingerprint density at radius 3 is 2.03 bits per heavy atom. The lowest BCUT2D eigenvalue weighted by molar-refractivity contribution is -0.158. The van der Waals surface area contributed by atoms with E-state index in [-0.39, 0.29) is 0 Å². The maximum absolute atomic E-state index is 13.0. The first-order valence-corrected chi connectivity index (χ1v) is 9.94. The zero-order chi connectivity index (χ0) is 22.7. The fourth-order valence-electron chi connectivity index (χ4n) is 2.66. The molecule has 10 heteroatoms. The van der Waals surface area contributed by atoms with Crippen molar-refractivity contribution in [2.75, 3.05) is 6.54 Å². The Bertz CT molecular complexity index is 654. The minimum atomic E-state index is -1.70. The van der Waals surface area contributed by atoms with Crippen LogP contribution in [-0.2, 0) is 19.1 Å². The second-order valence-corrected chi connectivity index (χ2v) is 9.45. The number of hydrogen-bond acceptors (Lipinski definition) is 7. The number of amides is 4. The molecule has 0 radical (unpaired) electrons. The topological polar surface area (TPSA) is 113 Å². The summed E-state index contributed by atoms with van der Waals surface area (Å²) in [5.41, 5.74) is -1.85. The Labute approximate surface area is 176 Å². The smallest absolute Gasteiger partial charge is 0.417 e. The van der Waals surface area contributed by atoms with E-state index in [1.807, 2.05) is 6.92 Å². The van der Waals surface area contributed by atoms with Crippen molar-refractivity contribution in [3.05, 3.63) is 0 Å². The first-order valence-electron chi connectivity index (χ1n) is 9.50. The SMILES string of the molecule is CCCC(Cl)C(O)C1C(=O)N(C(=O)OC(C)(C)C)CC(=O)N1C(=O)OC(C)(C)C. The zero-order valence-electron chi connectivity index (χ0n) is 18.0. The molecule has 0 saturated carbocycles. The summed E-state index contributed by atoms with van der Waals surface area (Å²) in [6, 6.07) is -1.70. The van der Waals surface area contributed by atoms with Crippen molar-refractivity contribution < 1.29 is 33.8 Å². The number of alkyl halides is 1. The van der Waals surface area contributed by atoms with Gasteiger partial charge in [-0.1, -0.05) is 13.3 Å². The third-order valence-electron chi connectivity index (χ3n) is 3.82. The predicted molar refractivity (Wildman–Crippen MR) is 105 cm³/mol. The van der Waals surface area contributed by atoms with Gasteiger partial charge in [-0.05, 0) is 48.0 Å². The molecule has 0 aromatic rings. The molecule has 1 saturated heterocycles. The van der Waals surface area contributed by atoms with Gasteiger partial charge in [-0.2, -0.15) is 0 Å². The van der Waals surface area contributed by atoms with Gasteiger partial charge < -0.3 is 14.6 Å². The monoisotopic (exact) mass is 434 g/mol. The zero-order valence-corrected chi connectivity index (χ0v) is 18.8. The highest BCUT2D eigenvalue weighted by atomic mass is 35.5. The lowest BCUT2D eigenvalue weighted by Gasteiger charge is -2.41. The molecule has 0 spiro atoms. The molecule has 1 fully saturated rings. The summed E-state index contributed by atoms with van der Waals surface area (Å²) in [6.07, 6.45) is -2.80. The van der Waals surface area contributed by atoms with E-state index in [0.29, 0.717) is 22.6 Å². The molecular formula is C19H31ClN2O7. The summed E-state index contributed by atoms with van der Waals surface area (Å²) in [7, 11) is 0. The highest BCUT2D eigenvalue weighted by Gasteiger charge is 2.51. The van der Waals surface area contributed by atoms with E-state index < -0.39 is 59.3 Å². The molecule has 9 nitrogen and oxygen atoms in total. The van der Waals surface area contributed by atoms with Gasteiger partial charge in [-0.15, -0.1) is 11.6 Å². The summed E-state index contributed by atoms with van der Waals surface area (Å²) in [6.45, 7) is 10.7. The quantitative estimate of drug-likeness (QED) is 0.676. The Kier molecular flexibility index (Phi) is 8.07. The lowest BCUT2D eigenvalue weighted by atomic mass is 9.99. The average molecular weight is 435 g/mol. The average Bonchev–Trinajstić information content (AvgIpc) is 2.52. The third-order valence-corrected chi connectivity index (χ3v) is 4.30. The molecule has 1 N–H and O–H groups in total. The van der Waals surface area contributed by atoms with Gasteiger partial charge in [-0.3, -0.25) is 9.59 Å². The van der Waals surface area contributed by atoms with E-state index in [4.69, 9.17) is 21.1 Å². The number of hydrogen-bond donors (Lipinski definition) is 1. The number of aliphatic hydroxyl groups excluding tert-OH is 1. The van der Waals surface area contributed by atoms with Crippen LogP contribution in [0.5, 0.6) is 0 Å². The van der Waals surface area contributed by atoms with Crippen LogP contribution >= 0.6 is 11.6 Å². The van der Waals surface area contributed by atoms with E-state index in [9.17, 15) is 24.3 Å². The predicted octanol–water partition coefficient (Wildman–Crippen LogP) is 2.66. The minimum absolute atomic E-state index is 0.329. The van der Waals surface area contributed by atoms with Crippen LogP contribution in [0.2, 0.25) is 0 Å². The molecule has 0 bridgehead atoms. The van der Waals surface area contributed by atoms with Crippen molar-refractivity contribution in [3.8, 4) is 0 Å². The standard InChI is InChI=1S/C19H31ClN2O7/c1-8-9-11(20)14(24)13-15(25)21(16(26)28-18(2,3)4)10-12(23)22(13)17(27)29-19(5,6)7/h11,13-14,24H,8-10H2,1-7H3. The minimum Gasteiger partial charge on any atom is -0.443 e. The van der Waals surface area contributed by atoms with Crippen LogP contribution in [0.1, 0.15) is 61.3 Å². The molecule has 1 aliphatic rings. The van der Waals surface area contributed by atoms with Gasteiger partial charge in [0.15, 0.2) is 0 Å². The maximum atomic E-state index is 13.0. The van der Waals surface area contributed by atoms with Crippen molar-refractivity contribution in [2.24, 2.45) is 0 Å². The Hall–Kier alpha value is -1.87. The Balaban J connectivity index is 3.30. The van der Waals surface area contributed by atoms with E-state index in [1.54, 1.807) is 41.5 Å². The molecule has 166 valence electrons. The number of halogens is 1. The third kappa shape index (κ3) is 6.85. The van der Waals surface area contributed by atoms with Gasteiger partial charge >= 0.3 is 12.2 Å². The number of nitrogens with zero attached hydrogens (tertiary/aromatic N) is 2. The van der Waals surface area contributed by atoms with Crippen molar-refractivity contribution in [3.63, 3.8) is 0 Å². The number of rotatable bonds is 4. The van der Waals surface area contributed by atoms with Crippen LogP contribution in [0.4, 0.5) is 9.59 Å². The molecule has 0 aromatic carbocycles. The van der Waals surface area contributed by atoms with E-state index in [1.165, 1.54) is 0 Å². The van der Waals surface area contributed by atoms with Gasteiger partial charge in [-0.25, -0.2) is 19.4 Å². The maximum Gasteiger partial charge on any atom is 0.417 e. The number of aliphatic hydroxyl groups is 1. The number of imide groups is 2. The van der Waals surface area contributed by atoms with Crippen LogP contribution in [-0.4, -0.2) is 74.2 Å². The van der Waals surface area contributed by atoms with Crippen LogP contribution in [0.3, 0.4) is 0 Å². The van der Waals surface area contributed by atoms with Gasteiger partial charge in [0.1, 0.15) is 29.9 Å². The number of ether oxygens (including phenoxy) is 2. The van der Waals surface area contributed by atoms with Crippen molar-refractivity contribution in [2.45, 2.75) is 90.0 Å². The molecule has 1 rings (SSSR count). The summed E-state index contributed by atoms with van der Waals surface area (Å²) in [5.74, 6) is -1.84. The molecule has 29 heavy (non-hydrogen) atoms. The summed E-state index contributed by atoms with van der Waals surface area (Å²) in [4.78, 5) is 51.9. The summed E-state index contributed by atoms with van der Waals surface area (Å²) < 4.78 is 10.4. The molecule has 4 amide bonds. The lowest BCUT2D eigenvalue weighted by Crippen LogP contribution is -2.68. The van der Waals surface area contributed by atoms with Crippen molar-refractivity contribution in [1.29, 1.82) is 0 Å². The Morgan fingerprint density at radius 2 is 1.59 bits per heavy atom. The molecule has 1 aliphatic heterocycles. The second kappa shape index (κ2) is 9.30. The van der Waals surface area contributed by atoms with E-state index in [2.05, 4.69) is 0 Å². The number of carbonyl (C=O) groups is 4. The van der Waals surface area contributed by atoms with Crippen LogP contribution in [0.15, 0.2) is 0 Å². The normalized spacial score (nSPS) is 20.4. The van der Waals surface area contributed by atoms with Crippen molar-refractivity contribution in [1.82, 2.24) is 9.80 Å².